The van der Waals surface area contributed by atoms with Gasteiger partial charge in [0.2, 0.25) is 11.8 Å². The number of carbonyl (C=O) groups is 1. The minimum atomic E-state index is -5.01. The molecule has 1 aliphatic heterocycles. The van der Waals surface area contributed by atoms with E-state index < -0.39 is 63.5 Å². The van der Waals surface area contributed by atoms with Crippen molar-refractivity contribution >= 4 is 40.8 Å². The Morgan fingerprint density at radius 1 is 1.11 bits per heavy atom. The van der Waals surface area contributed by atoms with Crippen LogP contribution in [0.1, 0.15) is 39.3 Å². The number of benzene rings is 2. The largest absolute Gasteiger partial charge is 0.451 e. The van der Waals surface area contributed by atoms with Gasteiger partial charge in [-0.3, -0.25) is 10.1 Å². The molecule has 1 amide bonds. The first-order valence-corrected chi connectivity index (χ1v) is 11.2. The van der Waals surface area contributed by atoms with E-state index in [4.69, 9.17) is 28.0 Å². The van der Waals surface area contributed by atoms with Crippen molar-refractivity contribution in [2.24, 2.45) is 12.2 Å². The van der Waals surface area contributed by atoms with Gasteiger partial charge in [-0.2, -0.15) is 31.3 Å². The predicted molar refractivity (Wildman–Crippen MR) is 122 cm³/mol. The zero-order valence-corrected chi connectivity index (χ0v) is 20.6. The summed E-state index contributed by atoms with van der Waals surface area (Å²) in [5.41, 5.74) is -3.29. The number of halogens is 9. The maximum Gasteiger partial charge on any atom is 0.451 e. The summed E-state index contributed by atoms with van der Waals surface area (Å²) in [5, 5.41) is 7.98. The first-order chi connectivity index (χ1) is 17.5. The molecule has 0 aliphatic carbocycles. The van der Waals surface area contributed by atoms with Crippen molar-refractivity contribution in [2.75, 3.05) is 5.32 Å². The number of nitrogens with one attached hydrogen (secondary N) is 1. The fourth-order valence-corrected chi connectivity index (χ4v) is 4.29. The average molecular weight is 584 g/mol. The number of hydrogen-bond donors (Lipinski definition) is 1. The van der Waals surface area contributed by atoms with Crippen molar-refractivity contribution in [3.63, 3.8) is 0 Å². The summed E-state index contributed by atoms with van der Waals surface area (Å²) in [7, 11) is 1.00. The van der Waals surface area contributed by atoms with E-state index in [1.165, 1.54) is 25.1 Å². The van der Waals surface area contributed by atoms with Crippen molar-refractivity contribution in [2.45, 2.75) is 31.3 Å². The molecule has 0 saturated heterocycles. The van der Waals surface area contributed by atoms with Crippen LogP contribution in [0, 0.1) is 12.7 Å². The van der Waals surface area contributed by atoms with Crippen molar-refractivity contribution in [3.8, 4) is 0 Å². The SMILES string of the molecule is Cc1cc(C2=NOC(c3cc(Cl)c(F)c(Cl)c3)(C(F)(F)F)C2)ccc1C(=O)Nc1nc(C(F)(F)F)n(C)n1. The molecule has 1 N–H and O–H groups in total. The van der Waals surface area contributed by atoms with Gasteiger partial charge in [0.05, 0.1) is 15.8 Å². The smallest absolute Gasteiger partial charge is 0.374 e. The number of hydrogen-bond acceptors (Lipinski definition) is 5. The normalized spacial score (nSPS) is 17.8. The van der Waals surface area contributed by atoms with E-state index in [-0.39, 0.29) is 22.4 Å². The highest BCUT2D eigenvalue weighted by Crippen LogP contribution is 2.50. The predicted octanol–water partition coefficient (Wildman–Crippen LogP) is 6.42. The van der Waals surface area contributed by atoms with Gasteiger partial charge in [-0.15, -0.1) is 5.10 Å². The van der Waals surface area contributed by atoms with Crippen LogP contribution in [-0.2, 0) is 23.7 Å². The summed E-state index contributed by atoms with van der Waals surface area (Å²) in [6, 6.07) is 5.39. The summed E-state index contributed by atoms with van der Waals surface area (Å²) >= 11 is 11.4. The first-order valence-electron chi connectivity index (χ1n) is 10.4. The molecule has 7 nitrogen and oxygen atoms in total. The molecular formula is C22H14Cl2F7N5O2. The number of aromatic nitrogens is 3. The Hall–Kier alpha value is -3.39. The Labute approximate surface area is 219 Å². The molecule has 3 aromatic rings. The van der Waals surface area contributed by atoms with Crippen molar-refractivity contribution < 1.29 is 40.4 Å². The second-order valence-corrected chi connectivity index (χ2v) is 9.06. The van der Waals surface area contributed by atoms with E-state index in [2.05, 4.69) is 20.6 Å². The van der Waals surface area contributed by atoms with Crippen LogP contribution in [-0.4, -0.2) is 32.6 Å². The number of amides is 1. The molecule has 202 valence electrons. The van der Waals surface area contributed by atoms with Crippen LogP contribution in [0.15, 0.2) is 35.5 Å². The van der Waals surface area contributed by atoms with Gasteiger partial charge in [0.1, 0.15) is 0 Å². The number of oxime groups is 1. The highest BCUT2D eigenvalue weighted by Gasteiger charge is 2.62. The Morgan fingerprint density at radius 2 is 1.74 bits per heavy atom. The lowest BCUT2D eigenvalue weighted by Crippen LogP contribution is -2.42. The topological polar surface area (TPSA) is 81.4 Å². The average Bonchev–Trinajstić information content (AvgIpc) is 3.41. The van der Waals surface area contributed by atoms with Crippen LogP contribution in [0.4, 0.5) is 36.7 Å². The third kappa shape index (κ3) is 4.89. The standard InChI is InChI=1S/C22H14Cl2F7N5O2/c1-9-5-10(3-4-12(9)17(37)32-19-33-18(21(26,27)28)36(2)34-19)15-8-20(38-35-15,22(29,30)31)11-6-13(23)16(25)14(24)7-11/h3-7H,8H2,1-2H3,(H,32,34,37). The van der Waals surface area contributed by atoms with Crippen LogP contribution in [0.2, 0.25) is 10.0 Å². The number of aryl methyl sites for hydroxylation is 2. The summed E-state index contributed by atoms with van der Waals surface area (Å²) in [6.07, 6.45) is -10.6. The van der Waals surface area contributed by atoms with E-state index >= 15 is 0 Å². The maximum atomic E-state index is 14.2. The van der Waals surface area contributed by atoms with E-state index in [1.807, 2.05) is 0 Å². The molecule has 1 unspecified atom stereocenters. The molecule has 0 spiro atoms. The molecule has 0 saturated carbocycles. The quantitative estimate of drug-likeness (QED) is 0.284. The zero-order chi connectivity index (χ0) is 28.2. The fourth-order valence-electron chi connectivity index (χ4n) is 3.80. The third-order valence-corrected chi connectivity index (χ3v) is 6.23. The lowest BCUT2D eigenvalue weighted by Gasteiger charge is -2.29. The highest BCUT2D eigenvalue weighted by atomic mass is 35.5. The number of nitrogens with zero attached hydrogens (tertiary/aromatic N) is 4. The monoisotopic (exact) mass is 583 g/mol. The third-order valence-electron chi connectivity index (χ3n) is 5.68. The minimum Gasteiger partial charge on any atom is -0.374 e. The van der Waals surface area contributed by atoms with Gasteiger partial charge in [0, 0.05) is 24.6 Å². The molecule has 0 fully saturated rings. The lowest BCUT2D eigenvalue weighted by atomic mass is 9.86. The van der Waals surface area contributed by atoms with Gasteiger partial charge in [0.25, 0.3) is 11.5 Å². The Kier molecular flexibility index (Phi) is 6.85. The number of anilines is 1. The molecular weight excluding hydrogens is 570 g/mol. The van der Waals surface area contributed by atoms with Crippen LogP contribution >= 0.6 is 23.2 Å². The summed E-state index contributed by atoms with van der Waals surface area (Å²) < 4.78 is 95.6. The summed E-state index contributed by atoms with van der Waals surface area (Å²) in [6.45, 7) is 1.46. The van der Waals surface area contributed by atoms with Gasteiger partial charge in [-0.1, -0.05) is 34.4 Å². The molecule has 0 radical (unpaired) electrons. The van der Waals surface area contributed by atoms with Gasteiger partial charge in [0.15, 0.2) is 5.82 Å². The molecule has 1 aromatic heterocycles. The van der Waals surface area contributed by atoms with Gasteiger partial charge >= 0.3 is 12.4 Å². The highest BCUT2D eigenvalue weighted by molar-refractivity contribution is 6.35. The van der Waals surface area contributed by atoms with E-state index in [0.29, 0.717) is 4.68 Å². The molecule has 4 rings (SSSR count). The Morgan fingerprint density at radius 3 is 2.26 bits per heavy atom. The molecule has 0 bridgehead atoms. The van der Waals surface area contributed by atoms with Crippen LogP contribution in [0.3, 0.4) is 0 Å². The zero-order valence-electron chi connectivity index (χ0n) is 19.1. The van der Waals surface area contributed by atoms with E-state index in [9.17, 15) is 35.5 Å². The van der Waals surface area contributed by atoms with Crippen molar-refractivity contribution in [1.82, 2.24) is 14.8 Å². The van der Waals surface area contributed by atoms with Gasteiger partial charge < -0.3 is 4.84 Å². The first kappa shape index (κ1) is 27.6. The number of rotatable bonds is 4. The van der Waals surface area contributed by atoms with Crippen LogP contribution in [0.5, 0.6) is 0 Å². The second-order valence-electron chi connectivity index (χ2n) is 8.25. The van der Waals surface area contributed by atoms with Crippen molar-refractivity contribution in [3.05, 3.63) is 74.3 Å². The van der Waals surface area contributed by atoms with Crippen LogP contribution < -0.4 is 5.32 Å². The molecule has 2 heterocycles. The fraction of sp³-hybridized carbons (Fsp3) is 0.273. The minimum absolute atomic E-state index is 0.00606. The van der Waals surface area contributed by atoms with Gasteiger partial charge in [-0.05, 0) is 42.3 Å². The molecule has 1 atom stereocenters. The van der Waals surface area contributed by atoms with E-state index in [1.54, 1.807) is 0 Å². The number of carbonyl (C=O) groups excluding carboxylic acids is 1. The van der Waals surface area contributed by atoms with E-state index in [0.717, 1.165) is 19.2 Å². The molecule has 38 heavy (non-hydrogen) atoms. The Balaban J connectivity index is 1.59. The Bertz CT molecular complexity index is 1450. The summed E-state index contributed by atoms with van der Waals surface area (Å²) in [5.74, 6) is -3.85. The summed E-state index contributed by atoms with van der Waals surface area (Å²) in [4.78, 5) is 20.7. The van der Waals surface area contributed by atoms with Crippen LogP contribution in [0.25, 0.3) is 0 Å². The molecule has 2 aromatic carbocycles. The second kappa shape index (κ2) is 9.42. The van der Waals surface area contributed by atoms with Gasteiger partial charge in [-0.25, -0.2) is 9.07 Å². The molecule has 16 heteroatoms. The maximum absolute atomic E-state index is 14.2. The van der Waals surface area contributed by atoms with Crippen molar-refractivity contribution in [1.29, 1.82) is 0 Å². The number of alkyl halides is 6. The molecule has 1 aliphatic rings. The lowest BCUT2D eigenvalue weighted by molar-refractivity contribution is -0.275.